The molecule has 8 nitrogen and oxygen atoms in total. The van der Waals surface area contributed by atoms with Gasteiger partial charge in [-0.1, -0.05) is 41.1 Å². The highest BCUT2D eigenvalue weighted by molar-refractivity contribution is 7.47. The average Bonchev–Trinajstić information content (AvgIpc) is 2.70. The second-order valence-corrected chi connectivity index (χ2v) is 7.66. The summed E-state index contributed by atoms with van der Waals surface area (Å²) < 4.78 is 11.4. The van der Waals surface area contributed by atoms with Gasteiger partial charge in [0.2, 0.25) is 8.03 Å². The van der Waals surface area contributed by atoms with Crippen molar-refractivity contribution in [3.63, 3.8) is 0 Å². The molecular formula is C21H30NO7P. The van der Waals surface area contributed by atoms with Gasteiger partial charge in [-0.15, -0.1) is 0 Å². The predicted molar refractivity (Wildman–Crippen MR) is 115 cm³/mol. The third-order valence-corrected chi connectivity index (χ3v) is 4.93. The number of hydrogen-bond donors (Lipinski definition) is 3. The first-order chi connectivity index (χ1) is 14.2. The Hall–Kier alpha value is -1.90. The van der Waals surface area contributed by atoms with Crippen molar-refractivity contribution in [1.29, 1.82) is 0 Å². The number of carbonyl (C=O) groups excluding carboxylic acids is 1. The van der Waals surface area contributed by atoms with E-state index in [1.165, 1.54) is 6.07 Å². The molecule has 1 atom stereocenters. The lowest BCUT2D eigenvalue weighted by Gasteiger charge is -2.13. The Balaban J connectivity index is 0.000000382. The number of hydroxylamine groups is 2. The number of nitrogens with zero attached hydrogens (tertiary/aromatic N) is 1. The van der Waals surface area contributed by atoms with Crippen LogP contribution in [0.2, 0.25) is 0 Å². The second kappa shape index (κ2) is 13.4. The maximum Gasteiger partial charge on any atom is 0.218 e. The van der Waals surface area contributed by atoms with E-state index in [0.29, 0.717) is 11.1 Å². The van der Waals surface area contributed by atoms with E-state index in [4.69, 9.17) is 19.9 Å². The Morgan fingerprint density at radius 1 is 1.00 bits per heavy atom. The molecular weight excluding hydrogens is 409 g/mol. The standard InChI is InChI=1S/C16H17O3P.C5H13NO4/c1-10-8-11(2)15(12(3)9-10)16(17)13-6-4-5-7-14(13)20(18)19;1-6(9-4-2-7)10-5-3-8/h4-9,20H,1-3H3,(H,18,19);7-8H,2-5H2,1H3. The zero-order valence-corrected chi connectivity index (χ0v) is 18.7. The molecule has 0 aliphatic rings. The third-order valence-electron chi connectivity index (χ3n) is 4.03. The number of carbonyl (C=O) groups is 1. The number of aliphatic hydroxyl groups excluding tert-OH is 2. The van der Waals surface area contributed by atoms with Crippen LogP contribution in [-0.4, -0.2) is 59.6 Å². The summed E-state index contributed by atoms with van der Waals surface area (Å²) in [5.74, 6) is -0.192. The minimum Gasteiger partial charge on any atom is -0.394 e. The fraction of sp³-hybridized carbons (Fsp3) is 0.381. The van der Waals surface area contributed by atoms with Crippen LogP contribution in [0, 0.1) is 20.8 Å². The van der Waals surface area contributed by atoms with Crippen LogP contribution in [0.5, 0.6) is 0 Å². The van der Waals surface area contributed by atoms with Crippen LogP contribution in [0.3, 0.4) is 0 Å². The highest BCUT2D eigenvalue weighted by Crippen LogP contribution is 2.23. The van der Waals surface area contributed by atoms with Crippen molar-refractivity contribution < 1.29 is 34.1 Å². The summed E-state index contributed by atoms with van der Waals surface area (Å²) in [7, 11) is -1.35. The normalized spacial score (nSPS) is 11.7. The van der Waals surface area contributed by atoms with Gasteiger partial charge in [-0.3, -0.25) is 19.0 Å². The average molecular weight is 439 g/mol. The van der Waals surface area contributed by atoms with Gasteiger partial charge in [0.15, 0.2) is 5.78 Å². The van der Waals surface area contributed by atoms with Crippen molar-refractivity contribution in [1.82, 2.24) is 5.23 Å². The van der Waals surface area contributed by atoms with Crippen LogP contribution in [0.4, 0.5) is 0 Å². The van der Waals surface area contributed by atoms with Crippen LogP contribution in [-0.2, 0) is 14.2 Å². The Bertz CT molecular complexity index is 826. The highest BCUT2D eigenvalue weighted by Gasteiger charge is 2.19. The molecule has 166 valence electrons. The van der Waals surface area contributed by atoms with E-state index in [9.17, 15) is 14.3 Å². The van der Waals surface area contributed by atoms with Gasteiger partial charge in [0.25, 0.3) is 0 Å². The zero-order chi connectivity index (χ0) is 22.7. The molecule has 0 saturated heterocycles. The maximum atomic E-state index is 12.7. The lowest BCUT2D eigenvalue weighted by atomic mass is 9.93. The minimum absolute atomic E-state index is 0.0488. The molecule has 0 radical (unpaired) electrons. The number of ketones is 1. The smallest absolute Gasteiger partial charge is 0.218 e. The molecule has 2 aromatic rings. The molecule has 0 amide bonds. The molecule has 0 aliphatic carbocycles. The first-order valence-electron chi connectivity index (χ1n) is 9.39. The Labute approximate surface area is 177 Å². The van der Waals surface area contributed by atoms with Gasteiger partial charge < -0.3 is 15.1 Å². The number of rotatable bonds is 9. The van der Waals surface area contributed by atoms with Crippen LogP contribution < -0.4 is 5.30 Å². The van der Waals surface area contributed by atoms with Gasteiger partial charge in [-0.2, -0.15) is 0 Å². The lowest BCUT2D eigenvalue weighted by Crippen LogP contribution is -2.22. The summed E-state index contributed by atoms with van der Waals surface area (Å²) in [4.78, 5) is 31.6. The molecule has 9 heteroatoms. The lowest BCUT2D eigenvalue weighted by molar-refractivity contribution is -0.356. The summed E-state index contributed by atoms with van der Waals surface area (Å²) in [6.45, 7) is 6.05. The first-order valence-corrected chi connectivity index (χ1v) is 10.7. The van der Waals surface area contributed by atoms with E-state index in [2.05, 4.69) is 0 Å². The molecule has 0 bridgehead atoms. The molecule has 1 unspecified atom stereocenters. The van der Waals surface area contributed by atoms with Gasteiger partial charge in [-0.25, -0.2) is 0 Å². The molecule has 0 saturated carbocycles. The quantitative estimate of drug-likeness (QED) is 0.307. The SMILES string of the molecule is CN(OCCO)OCCO.Cc1cc(C)c(C(=O)c2ccccc2[PH](=O)O)c(C)c1. The topological polar surface area (TPSA) is 117 Å². The fourth-order valence-electron chi connectivity index (χ4n) is 2.92. The minimum atomic E-state index is -2.90. The molecule has 2 rings (SSSR count). The van der Waals surface area contributed by atoms with E-state index < -0.39 is 8.03 Å². The van der Waals surface area contributed by atoms with E-state index >= 15 is 0 Å². The van der Waals surface area contributed by atoms with Crippen molar-refractivity contribution in [2.75, 3.05) is 33.5 Å². The predicted octanol–water partition coefficient (Wildman–Crippen LogP) is 1.70. The molecule has 3 N–H and O–H groups in total. The van der Waals surface area contributed by atoms with Crippen molar-refractivity contribution in [2.45, 2.75) is 20.8 Å². The number of hydrogen-bond acceptors (Lipinski definition) is 7. The van der Waals surface area contributed by atoms with Crippen LogP contribution in [0.25, 0.3) is 0 Å². The summed E-state index contributed by atoms with van der Waals surface area (Å²) in [6, 6.07) is 10.4. The van der Waals surface area contributed by atoms with Gasteiger partial charge in [0, 0.05) is 23.5 Å². The molecule has 2 aromatic carbocycles. The molecule has 0 heterocycles. The van der Waals surface area contributed by atoms with Gasteiger partial charge in [-0.05, 0) is 38.0 Å². The van der Waals surface area contributed by atoms with Gasteiger partial charge in [0.05, 0.1) is 26.4 Å². The highest BCUT2D eigenvalue weighted by atomic mass is 31.1. The van der Waals surface area contributed by atoms with E-state index in [0.717, 1.165) is 21.9 Å². The fourth-order valence-corrected chi connectivity index (χ4v) is 3.58. The van der Waals surface area contributed by atoms with Crippen LogP contribution in [0.15, 0.2) is 36.4 Å². The Kier molecular flexibility index (Phi) is 11.7. The van der Waals surface area contributed by atoms with E-state index in [1.54, 1.807) is 25.2 Å². The zero-order valence-electron chi connectivity index (χ0n) is 17.7. The summed E-state index contributed by atoms with van der Waals surface area (Å²) in [5.41, 5.74) is 3.81. The molecule has 0 spiro atoms. The van der Waals surface area contributed by atoms with Gasteiger partial charge in [0.1, 0.15) is 0 Å². The van der Waals surface area contributed by atoms with E-state index in [-0.39, 0.29) is 37.5 Å². The van der Waals surface area contributed by atoms with Crippen molar-refractivity contribution >= 4 is 19.1 Å². The van der Waals surface area contributed by atoms with Gasteiger partial charge >= 0.3 is 0 Å². The molecule has 0 aromatic heterocycles. The van der Waals surface area contributed by atoms with Crippen molar-refractivity contribution in [3.05, 3.63) is 64.2 Å². The van der Waals surface area contributed by atoms with Crippen LogP contribution >= 0.6 is 8.03 Å². The van der Waals surface area contributed by atoms with Crippen LogP contribution in [0.1, 0.15) is 32.6 Å². The summed E-state index contributed by atoms with van der Waals surface area (Å²) in [5, 5.41) is 17.9. The Morgan fingerprint density at radius 2 is 1.50 bits per heavy atom. The van der Waals surface area contributed by atoms with Crippen molar-refractivity contribution in [3.8, 4) is 0 Å². The number of aliphatic hydroxyl groups is 2. The molecule has 0 fully saturated rings. The second-order valence-electron chi connectivity index (χ2n) is 6.51. The number of benzene rings is 2. The third kappa shape index (κ3) is 8.08. The first kappa shape index (κ1) is 26.1. The Morgan fingerprint density at radius 3 is 1.97 bits per heavy atom. The number of aryl methyl sites for hydroxylation is 3. The van der Waals surface area contributed by atoms with Crippen molar-refractivity contribution in [2.24, 2.45) is 0 Å². The monoisotopic (exact) mass is 439 g/mol. The largest absolute Gasteiger partial charge is 0.394 e. The summed E-state index contributed by atoms with van der Waals surface area (Å²) >= 11 is 0. The molecule has 0 aliphatic heterocycles. The van der Waals surface area contributed by atoms with E-state index in [1.807, 2.05) is 32.9 Å². The maximum absolute atomic E-state index is 12.7. The molecule has 30 heavy (non-hydrogen) atoms. The summed E-state index contributed by atoms with van der Waals surface area (Å²) in [6.07, 6.45) is 0.